The van der Waals surface area contributed by atoms with Crippen LogP contribution in [0.25, 0.3) is 0 Å². The lowest BCUT2D eigenvalue weighted by atomic mass is 9.93. The first-order valence-corrected chi connectivity index (χ1v) is 6.48. The van der Waals surface area contributed by atoms with E-state index in [4.69, 9.17) is 10.5 Å². The smallest absolute Gasteiger partial charge is 0.141 e. The summed E-state index contributed by atoms with van der Waals surface area (Å²) in [5.41, 5.74) is 8.04. The van der Waals surface area contributed by atoms with Crippen LogP contribution in [0, 0.1) is 0 Å². The van der Waals surface area contributed by atoms with Gasteiger partial charge in [0.2, 0.25) is 0 Å². The number of hydrogen-bond donors (Lipinski definition) is 1. The molecule has 2 N–H and O–H groups in total. The van der Waals surface area contributed by atoms with Gasteiger partial charge in [0.25, 0.3) is 0 Å². The standard InChI is InChI=1S/C12H17NOS/c1-14-12-3-2-10(8-11(12)13)9-4-6-15-7-5-9/h2-3,8-9H,4-7,13H2,1H3. The SMILES string of the molecule is COc1ccc(C2CCSCC2)cc1N. The summed E-state index contributed by atoms with van der Waals surface area (Å²) in [5.74, 6) is 4.02. The fourth-order valence-corrected chi connectivity index (χ4v) is 3.14. The normalized spacial score (nSPS) is 17.7. The van der Waals surface area contributed by atoms with E-state index in [-0.39, 0.29) is 0 Å². The van der Waals surface area contributed by atoms with Gasteiger partial charge in [-0.2, -0.15) is 11.8 Å². The van der Waals surface area contributed by atoms with Crippen LogP contribution < -0.4 is 10.5 Å². The summed E-state index contributed by atoms with van der Waals surface area (Å²) in [4.78, 5) is 0. The van der Waals surface area contributed by atoms with Crippen molar-refractivity contribution >= 4 is 17.4 Å². The van der Waals surface area contributed by atoms with Crippen molar-refractivity contribution in [1.82, 2.24) is 0 Å². The maximum absolute atomic E-state index is 5.91. The lowest BCUT2D eigenvalue weighted by molar-refractivity contribution is 0.416. The molecule has 1 aromatic carbocycles. The first-order chi connectivity index (χ1) is 7.31. The van der Waals surface area contributed by atoms with Gasteiger partial charge in [-0.1, -0.05) is 6.07 Å². The average molecular weight is 223 g/mol. The van der Waals surface area contributed by atoms with Crippen LogP contribution in [0.1, 0.15) is 24.3 Å². The molecule has 2 nitrogen and oxygen atoms in total. The summed E-state index contributed by atoms with van der Waals surface area (Å²) < 4.78 is 5.16. The summed E-state index contributed by atoms with van der Waals surface area (Å²) >= 11 is 2.05. The van der Waals surface area contributed by atoms with Gasteiger partial charge in [-0.3, -0.25) is 0 Å². The van der Waals surface area contributed by atoms with Gasteiger partial charge in [-0.05, 0) is 48.0 Å². The molecule has 82 valence electrons. The number of methoxy groups -OCH3 is 1. The minimum absolute atomic E-state index is 0.694. The van der Waals surface area contributed by atoms with Gasteiger partial charge in [0.05, 0.1) is 12.8 Å². The van der Waals surface area contributed by atoms with Crippen molar-refractivity contribution in [2.75, 3.05) is 24.3 Å². The summed E-state index contributed by atoms with van der Waals surface area (Å²) in [6.07, 6.45) is 2.55. The Kier molecular flexibility index (Phi) is 3.41. The molecule has 0 saturated carbocycles. The van der Waals surface area contributed by atoms with Gasteiger partial charge in [-0.25, -0.2) is 0 Å². The Morgan fingerprint density at radius 1 is 1.33 bits per heavy atom. The molecule has 0 bridgehead atoms. The van der Waals surface area contributed by atoms with E-state index in [1.54, 1.807) is 7.11 Å². The predicted octanol–water partition coefficient (Wildman–Crippen LogP) is 2.89. The van der Waals surface area contributed by atoms with E-state index in [0.29, 0.717) is 5.92 Å². The van der Waals surface area contributed by atoms with Crippen molar-refractivity contribution in [2.45, 2.75) is 18.8 Å². The maximum atomic E-state index is 5.91. The lowest BCUT2D eigenvalue weighted by Gasteiger charge is -2.22. The Balaban J connectivity index is 2.17. The fourth-order valence-electron chi connectivity index (χ4n) is 2.04. The number of anilines is 1. The first-order valence-electron chi connectivity index (χ1n) is 5.32. The van der Waals surface area contributed by atoms with Gasteiger partial charge in [-0.15, -0.1) is 0 Å². The second-order valence-corrected chi connectivity index (χ2v) is 5.11. The third kappa shape index (κ3) is 2.40. The highest BCUT2D eigenvalue weighted by molar-refractivity contribution is 7.99. The molecule has 3 heteroatoms. The molecule has 0 atom stereocenters. The molecular formula is C12H17NOS. The summed E-state index contributed by atoms with van der Waals surface area (Å²) in [7, 11) is 1.66. The number of nitrogens with two attached hydrogens (primary N) is 1. The van der Waals surface area contributed by atoms with Crippen molar-refractivity contribution < 1.29 is 4.74 Å². The third-order valence-corrected chi connectivity index (χ3v) is 4.00. The van der Waals surface area contributed by atoms with Crippen LogP contribution in [0.4, 0.5) is 5.69 Å². The van der Waals surface area contributed by atoms with Crippen molar-refractivity contribution in [1.29, 1.82) is 0 Å². The lowest BCUT2D eigenvalue weighted by Crippen LogP contribution is -2.08. The van der Waals surface area contributed by atoms with E-state index in [9.17, 15) is 0 Å². The van der Waals surface area contributed by atoms with Gasteiger partial charge in [0, 0.05) is 0 Å². The zero-order valence-electron chi connectivity index (χ0n) is 9.03. The molecule has 0 aliphatic carbocycles. The Bertz CT molecular complexity index is 334. The number of rotatable bonds is 2. The number of hydrogen-bond acceptors (Lipinski definition) is 3. The second kappa shape index (κ2) is 4.79. The predicted molar refractivity (Wildman–Crippen MR) is 66.7 cm³/mol. The Morgan fingerprint density at radius 2 is 2.07 bits per heavy atom. The van der Waals surface area contributed by atoms with Gasteiger partial charge in [0.15, 0.2) is 0 Å². The number of ether oxygens (including phenoxy) is 1. The van der Waals surface area contributed by atoms with E-state index in [1.807, 2.05) is 17.8 Å². The van der Waals surface area contributed by atoms with Crippen LogP contribution in [0.2, 0.25) is 0 Å². The highest BCUT2D eigenvalue weighted by Crippen LogP contribution is 2.34. The van der Waals surface area contributed by atoms with Crippen molar-refractivity contribution in [2.24, 2.45) is 0 Å². The highest BCUT2D eigenvalue weighted by Gasteiger charge is 2.16. The molecule has 15 heavy (non-hydrogen) atoms. The van der Waals surface area contributed by atoms with Gasteiger partial charge >= 0.3 is 0 Å². The second-order valence-electron chi connectivity index (χ2n) is 3.89. The van der Waals surface area contributed by atoms with Crippen LogP contribution in [0.5, 0.6) is 5.75 Å². The molecule has 2 rings (SSSR count). The van der Waals surface area contributed by atoms with Gasteiger partial charge in [0.1, 0.15) is 5.75 Å². The van der Waals surface area contributed by atoms with E-state index in [1.165, 1.54) is 29.9 Å². The average Bonchev–Trinajstić information content (AvgIpc) is 2.30. The molecule has 0 radical (unpaired) electrons. The number of nitrogen functional groups attached to an aromatic ring is 1. The zero-order valence-corrected chi connectivity index (χ0v) is 9.85. The minimum Gasteiger partial charge on any atom is -0.495 e. The fraction of sp³-hybridized carbons (Fsp3) is 0.500. The van der Waals surface area contributed by atoms with Gasteiger partial charge < -0.3 is 10.5 Å². The Labute approximate surface area is 95.2 Å². The third-order valence-electron chi connectivity index (χ3n) is 2.95. The molecule has 0 spiro atoms. The zero-order chi connectivity index (χ0) is 10.7. The van der Waals surface area contributed by atoms with Crippen LogP contribution in [0.15, 0.2) is 18.2 Å². The highest BCUT2D eigenvalue weighted by atomic mass is 32.2. The van der Waals surface area contributed by atoms with Crippen LogP contribution in [-0.4, -0.2) is 18.6 Å². The molecule has 1 saturated heterocycles. The largest absolute Gasteiger partial charge is 0.495 e. The number of benzene rings is 1. The molecule has 1 aromatic rings. The van der Waals surface area contributed by atoms with E-state index in [0.717, 1.165) is 11.4 Å². The Hall–Kier alpha value is -0.830. The monoisotopic (exact) mass is 223 g/mol. The molecule has 0 amide bonds. The molecule has 0 aromatic heterocycles. The minimum atomic E-state index is 0.694. The Morgan fingerprint density at radius 3 is 2.67 bits per heavy atom. The van der Waals surface area contributed by atoms with E-state index >= 15 is 0 Å². The first kappa shape index (κ1) is 10.7. The summed E-state index contributed by atoms with van der Waals surface area (Å²) in [6, 6.07) is 6.20. The van der Waals surface area contributed by atoms with Crippen molar-refractivity contribution in [3.8, 4) is 5.75 Å². The maximum Gasteiger partial charge on any atom is 0.141 e. The van der Waals surface area contributed by atoms with E-state index in [2.05, 4.69) is 12.1 Å². The van der Waals surface area contributed by atoms with Crippen LogP contribution in [0.3, 0.4) is 0 Å². The van der Waals surface area contributed by atoms with Crippen molar-refractivity contribution in [3.05, 3.63) is 23.8 Å². The van der Waals surface area contributed by atoms with Crippen molar-refractivity contribution in [3.63, 3.8) is 0 Å². The summed E-state index contributed by atoms with van der Waals surface area (Å²) in [5, 5.41) is 0. The van der Waals surface area contributed by atoms with Crippen LogP contribution >= 0.6 is 11.8 Å². The topological polar surface area (TPSA) is 35.2 Å². The molecule has 0 unspecified atom stereocenters. The molecule has 1 aliphatic rings. The molecular weight excluding hydrogens is 206 g/mol. The number of thioether (sulfide) groups is 1. The summed E-state index contributed by atoms with van der Waals surface area (Å²) in [6.45, 7) is 0. The molecule has 1 aliphatic heterocycles. The van der Waals surface area contributed by atoms with E-state index < -0.39 is 0 Å². The quantitative estimate of drug-likeness (QED) is 0.783. The molecule has 1 fully saturated rings. The molecule has 1 heterocycles. The van der Waals surface area contributed by atoms with Crippen LogP contribution in [-0.2, 0) is 0 Å².